The number of hydrogen-bond donors (Lipinski definition) is 0. The fraction of sp³-hybridized carbons (Fsp3) is 0.762. The topological polar surface area (TPSA) is 61.8 Å². The number of carbonyl (C=O) groups excluding carboxylic acids is 1. The normalized spacial score (nSPS) is 24.8. The zero-order chi connectivity index (χ0) is 19.7. The first kappa shape index (κ1) is 19.4. The summed E-state index contributed by atoms with van der Waals surface area (Å²) in [5.41, 5.74) is 1.34. The van der Waals surface area contributed by atoms with Gasteiger partial charge in [0.15, 0.2) is 0 Å². The number of ether oxygens (including phenoxy) is 1. The third-order valence-electron chi connectivity index (χ3n) is 6.66. The Morgan fingerprint density at radius 2 is 2.07 bits per heavy atom. The van der Waals surface area contributed by atoms with Gasteiger partial charge in [-0.2, -0.15) is 4.98 Å². The molecule has 4 rings (SSSR count). The van der Waals surface area contributed by atoms with Gasteiger partial charge in [-0.1, -0.05) is 0 Å². The third kappa shape index (κ3) is 3.95. The summed E-state index contributed by atoms with van der Waals surface area (Å²) >= 11 is 0. The van der Waals surface area contributed by atoms with E-state index >= 15 is 0 Å². The van der Waals surface area contributed by atoms with Gasteiger partial charge in [-0.15, -0.1) is 0 Å². The van der Waals surface area contributed by atoms with Crippen LogP contribution in [-0.4, -0.2) is 73.8 Å². The Labute approximate surface area is 168 Å². The molecule has 1 aromatic rings. The van der Waals surface area contributed by atoms with Crippen molar-refractivity contribution < 1.29 is 9.53 Å². The number of nitrogens with zero attached hydrogens (tertiary/aromatic N) is 5. The minimum atomic E-state index is 0.240. The molecule has 0 N–H and O–H groups in total. The second-order valence-electron chi connectivity index (χ2n) is 8.97. The third-order valence-corrected chi connectivity index (χ3v) is 6.66. The van der Waals surface area contributed by atoms with Crippen LogP contribution >= 0.6 is 0 Å². The Balaban J connectivity index is 1.40. The Morgan fingerprint density at radius 1 is 1.29 bits per heavy atom. The van der Waals surface area contributed by atoms with E-state index in [1.807, 2.05) is 32.1 Å². The second-order valence-corrected chi connectivity index (χ2v) is 8.97. The van der Waals surface area contributed by atoms with E-state index in [-0.39, 0.29) is 11.5 Å². The lowest BCUT2D eigenvalue weighted by Gasteiger charge is -2.47. The summed E-state index contributed by atoms with van der Waals surface area (Å²) in [6, 6.07) is 0. The molecular weight excluding hydrogens is 354 g/mol. The standard InChI is InChI=1S/C21H33N5O2/c1-16-13-22-20(23-19(16)24(2)3)25-10-8-21(9-11-25)7-6-18(27)26(15-21)14-17-5-4-12-28-17/h13,17H,4-12,14-15H2,1-3H3/t17-/m0/s1. The molecule has 4 heterocycles. The van der Waals surface area contributed by atoms with Crippen LogP contribution in [0, 0.1) is 12.3 Å². The first-order chi connectivity index (χ1) is 13.5. The molecule has 7 nitrogen and oxygen atoms in total. The number of carbonyl (C=O) groups is 1. The molecule has 1 atom stereocenters. The van der Waals surface area contributed by atoms with Crippen molar-refractivity contribution in [2.24, 2.45) is 5.41 Å². The van der Waals surface area contributed by atoms with Crippen molar-refractivity contribution in [2.45, 2.75) is 51.6 Å². The van der Waals surface area contributed by atoms with E-state index in [4.69, 9.17) is 9.72 Å². The van der Waals surface area contributed by atoms with Crippen LogP contribution in [0.4, 0.5) is 11.8 Å². The van der Waals surface area contributed by atoms with Crippen molar-refractivity contribution in [1.29, 1.82) is 0 Å². The smallest absolute Gasteiger partial charge is 0.227 e. The fourth-order valence-electron chi connectivity index (χ4n) is 4.92. The van der Waals surface area contributed by atoms with Crippen LogP contribution in [0.1, 0.15) is 44.1 Å². The molecule has 1 amide bonds. The summed E-state index contributed by atoms with van der Waals surface area (Å²) in [5.74, 6) is 2.12. The number of piperidine rings is 2. The van der Waals surface area contributed by atoms with Gasteiger partial charge in [0.25, 0.3) is 0 Å². The van der Waals surface area contributed by atoms with E-state index in [0.29, 0.717) is 12.3 Å². The van der Waals surface area contributed by atoms with Gasteiger partial charge >= 0.3 is 0 Å². The van der Waals surface area contributed by atoms with Gasteiger partial charge in [0.1, 0.15) is 5.82 Å². The molecule has 28 heavy (non-hydrogen) atoms. The predicted molar refractivity (Wildman–Crippen MR) is 110 cm³/mol. The first-order valence-electron chi connectivity index (χ1n) is 10.6. The molecule has 3 aliphatic rings. The van der Waals surface area contributed by atoms with Crippen molar-refractivity contribution in [3.63, 3.8) is 0 Å². The van der Waals surface area contributed by atoms with Crippen LogP contribution in [0.3, 0.4) is 0 Å². The number of aromatic nitrogens is 2. The summed E-state index contributed by atoms with van der Waals surface area (Å²) in [7, 11) is 4.04. The van der Waals surface area contributed by atoms with E-state index in [2.05, 4.69) is 14.8 Å². The minimum Gasteiger partial charge on any atom is -0.376 e. The van der Waals surface area contributed by atoms with Gasteiger partial charge in [-0.3, -0.25) is 4.79 Å². The number of rotatable bonds is 4. The zero-order valence-electron chi connectivity index (χ0n) is 17.5. The van der Waals surface area contributed by atoms with Crippen LogP contribution in [0.2, 0.25) is 0 Å². The molecule has 3 aliphatic heterocycles. The first-order valence-corrected chi connectivity index (χ1v) is 10.6. The van der Waals surface area contributed by atoms with E-state index in [1.165, 1.54) is 0 Å². The number of aryl methyl sites for hydroxylation is 1. The van der Waals surface area contributed by atoms with Crippen molar-refractivity contribution in [3.05, 3.63) is 11.8 Å². The number of anilines is 2. The summed E-state index contributed by atoms with van der Waals surface area (Å²) in [6.45, 7) is 6.47. The van der Waals surface area contributed by atoms with E-state index in [0.717, 1.165) is 82.2 Å². The van der Waals surface area contributed by atoms with Crippen LogP contribution < -0.4 is 9.80 Å². The number of amides is 1. The van der Waals surface area contributed by atoms with Gasteiger partial charge in [0, 0.05) is 65.1 Å². The maximum absolute atomic E-state index is 12.5. The summed E-state index contributed by atoms with van der Waals surface area (Å²) in [5, 5.41) is 0. The Bertz CT molecular complexity index is 709. The molecule has 0 bridgehead atoms. The lowest BCUT2D eigenvalue weighted by Crippen LogP contribution is -2.53. The lowest BCUT2D eigenvalue weighted by atomic mass is 9.72. The molecular formula is C21H33N5O2. The monoisotopic (exact) mass is 387 g/mol. The largest absolute Gasteiger partial charge is 0.376 e. The second kappa shape index (κ2) is 7.85. The Morgan fingerprint density at radius 3 is 2.75 bits per heavy atom. The molecule has 154 valence electrons. The average Bonchev–Trinajstić information content (AvgIpc) is 3.19. The van der Waals surface area contributed by atoms with E-state index in [1.54, 1.807) is 0 Å². The zero-order valence-corrected chi connectivity index (χ0v) is 17.5. The lowest BCUT2D eigenvalue weighted by molar-refractivity contribution is -0.140. The Hall–Kier alpha value is -1.89. The highest BCUT2D eigenvalue weighted by molar-refractivity contribution is 5.77. The molecule has 7 heteroatoms. The van der Waals surface area contributed by atoms with Gasteiger partial charge in [-0.25, -0.2) is 4.98 Å². The van der Waals surface area contributed by atoms with Crippen molar-refractivity contribution in [2.75, 3.05) is 56.7 Å². The van der Waals surface area contributed by atoms with Gasteiger partial charge < -0.3 is 19.4 Å². The highest BCUT2D eigenvalue weighted by atomic mass is 16.5. The van der Waals surface area contributed by atoms with Crippen LogP contribution in [0.25, 0.3) is 0 Å². The van der Waals surface area contributed by atoms with Crippen molar-refractivity contribution >= 4 is 17.7 Å². The maximum atomic E-state index is 12.5. The molecule has 3 fully saturated rings. The highest BCUT2D eigenvalue weighted by Crippen LogP contribution is 2.41. The molecule has 0 radical (unpaired) electrons. The minimum absolute atomic E-state index is 0.240. The summed E-state index contributed by atoms with van der Waals surface area (Å²) < 4.78 is 5.77. The SMILES string of the molecule is Cc1cnc(N2CCC3(CCC(=O)N(C[C@@H]4CCCO4)C3)CC2)nc1N(C)C. The van der Waals surface area contributed by atoms with Crippen LogP contribution in [-0.2, 0) is 9.53 Å². The molecule has 3 saturated heterocycles. The van der Waals surface area contributed by atoms with Gasteiger partial charge in [0.05, 0.1) is 6.10 Å². The molecule has 0 saturated carbocycles. The number of hydrogen-bond acceptors (Lipinski definition) is 6. The molecule has 0 aromatic carbocycles. The quantitative estimate of drug-likeness (QED) is 0.790. The van der Waals surface area contributed by atoms with Gasteiger partial charge in [0.2, 0.25) is 11.9 Å². The van der Waals surface area contributed by atoms with Crippen LogP contribution in [0.15, 0.2) is 6.20 Å². The van der Waals surface area contributed by atoms with Crippen molar-refractivity contribution in [1.82, 2.24) is 14.9 Å². The summed E-state index contributed by atoms with van der Waals surface area (Å²) in [4.78, 5) is 28.3. The molecule has 0 aliphatic carbocycles. The predicted octanol–water partition coefficient (Wildman–Crippen LogP) is 2.24. The Kier molecular flexibility index (Phi) is 5.45. The highest BCUT2D eigenvalue weighted by Gasteiger charge is 2.42. The molecule has 0 unspecified atom stereocenters. The maximum Gasteiger partial charge on any atom is 0.227 e. The molecule has 1 aromatic heterocycles. The van der Waals surface area contributed by atoms with E-state index in [9.17, 15) is 4.79 Å². The summed E-state index contributed by atoms with van der Waals surface area (Å²) in [6.07, 6.45) is 8.25. The number of likely N-dealkylation sites (tertiary alicyclic amines) is 1. The van der Waals surface area contributed by atoms with Crippen molar-refractivity contribution in [3.8, 4) is 0 Å². The fourth-order valence-corrected chi connectivity index (χ4v) is 4.92. The average molecular weight is 388 g/mol. The molecule has 1 spiro atoms. The van der Waals surface area contributed by atoms with E-state index < -0.39 is 0 Å². The van der Waals surface area contributed by atoms with Gasteiger partial charge in [-0.05, 0) is 44.4 Å². The van der Waals surface area contributed by atoms with Crippen LogP contribution in [0.5, 0.6) is 0 Å².